The number of nitrogens with one attached hydrogen (secondary N) is 2. The lowest BCUT2D eigenvalue weighted by Crippen LogP contribution is -2.41. The SMILES string of the molecule is C[C@H](CNC(=O)c1cccc(Cl)c1)NC(=O)c1cccc(Cl)c1. The largest absolute Gasteiger partial charge is 0.350 e. The lowest BCUT2D eigenvalue weighted by molar-refractivity contribution is 0.0912. The Morgan fingerprint density at radius 1 is 0.957 bits per heavy atom. The first-order valence-electron chi connectivity index (χ1n) is 7.06. The maximum atomic E-state index is 12.1. The summed E-state index contributed by atoms with van der Waals surface area (Å²) in [4.78, 5) is 24.1. The van der Waals surface area contributed by atoms with E-state index in [1.54, 1.807) is 55.5 Å². The number of hydrogen-bond acceptors (Lipinski definition) is 2. The van der Waals surface area contributed by atoms with Crippen LogP contribution in [0.3, 0.4) is 0 Å². The van der Waals surface area contributed by atoms with Crippen molar-refractivity contribution in [1.82, 2.24) is 10.6 Å². The Balaban J connectivity index is 1.86. The predicted molar refractivity (Wildman–Crippen MR) is 92.2 cm³/mol. The molecule has 23 heavy (non-hydrogen) atoms. The first kappa shape index (κ1) is 17.3. The van der Waals surface area contributed by atoms with Crippen LogP contribution in [0.15, 0.2) is 48.5 Å². The van der Waals surface area contributed by atoms with E-state index in [0.717, 1.165) is 0 Å². The summed E-state index contributed by atoms with van der Waals surface area (Å²) < 4.78 is 0. The molecule has 1 atom stereocenters. The van der Waals surface area contributed by atoms with Crippen molar-refractivity contribution in [1.29, 1.82) is 0 Å². The van der Waals surface area contributed by atoms with Gasteiger partial charge in [0.25, 0.3) is 11.8 Å². The lowest BCUT2D eigenvalue weighted by Gasteiger charge is -2.15. The van der Waals surface area contributed by atoms with Gasteiger partial charge in [-0.15, -0.1) is 0 Å². The predicted octanol–water partition coefficient (Wildman–Crippen LogP) is 3.54. The van der Waals surface area contributed by atoms with Crippen molar-refractivity contribution < 1.29 is 9.59 Å². The fourth-order valence-corrected chi connectivity index (χ4v) is 2.35. The molecule has 0 spiro atoms. The molecule has 120 valence electrons. The van der Waals surface area contributed by atoms with Gasteiger partial charge in [-0.25, -0.2) is 0 Å². The topological polar surface area (TPSA) is 58.2 Å². The highest BCUT2D eigenvalue weighted by molar-refractivity contribution is 6.31. The van der Waals surface area contributed by atoms with Gasteiger partial charge in [0, 0.05) is 33.8 Å². The molecular formula is C17H16Cl2N2O2. The maximum Gasteiger partial charge on any atom is 0.251 e. The first-order chi connectivity index (χ1) is 11.0. The zero-order valence-corrected chi connectivity index (χ0v) is 14.0. The number of rotatable bonds is 5. The van der Waals surface area contributed by atoms with E-state index in [9.17, 15) is 9.59 Å². The summed E-state index contributed by atoms with van der Waals surface area (Å²) in [5.74, 6) is -0.478. The Bertz CT molecular complexity index is 719. The average molecular weight is 351 g/mol. The molecule has 0 radical (unpaired) electrons. The van der Waals surface area contributed by atoms with Gasteiger partial charge in [0.2, 0.25) is 0 Å². The summed E-state index contributed by atoms with van der Waals surface area (Å²) in [6, 6.07) is 13.1. The molecule has 0 aliphatic carbocycles. The minimum Gasteiger partial charge on any atom is -0.350 e. The van der Waals surface area contributed by atoms with Gasteiger partial charge in [-0.2, -0.15) is 0 Å². The van der Waals surface area contributed by atoms with Crippen molar-refractivity contribution in [3.05, 3.63) is 69.7 Å². The van der Waals surface area contributed by atoms with Gasteiger partial charge < -0.3 is 10.6 Å². The molecule has 2 aromatic rings. The Morgan fingerprint density at radius 3 is 2.00 bits per heavy atom. The third kappa shape index (κ3) is 5.27. The maximum absolute atomic E-state index is 12.1. The minimum atomic E-state index is -0.239. The van der Waals surface area contributed by atoms with Crippen LogP contribution in [-0.2, 0) is 0 Å². The van der Waals surface area contributed by atoms with Crippen molar-refractivity contribution in [2.45, 2.75) is 13.0 Å². The molecule has 0 aromatic heterocycles. The molecule has 0 unspecified atom stereocenters. The number of halogens is 2. The van der Waals surface area contributed by atoms with Crippen molar-refractivity contribution in [3.8, 4) is 0 Å². The summed E-state index contributed by atoms with van der Waals surface area (Å²) in [5, 5.41) is 6.56. The van der Waals surface area contributed by atoms with E-state index in [1.165, 1.54) is 0 Å². The van der Waals surface area contributed by atoms with Gasteiger partial charge in [0.05, 0.1) is 0 Å². The number of amides is 2. The number of hydrogen-bond donors (Lipinski definition) is 2. The number of benzene rings is 2. The van der Waals surface area contributed by atoms with Crippen molar-refractivity contribution in [3.63, 3.8) is 0 Å². The smallest absolute Gasteiger partial charge is 0.251 e. The molecule has 0 bridgehead atoms. The average Bonchev–Trinajstić information content (AvgIpc) is 2.52. The van der Waals surface area contributed by atoms with Crippen LogP contribution in [-0.4, -0.2) is 24.4 Å². The summed E-state index contributed by atoms with van der Waals surface area (Å²) in [6.07, 6.45) is 0. The second kappa shape index (κ2) is 7.99. The van der Waals surface area contributed by atoms with E-state index in [4.69, 9.17) is 23.2 Å². The van der Waals surface area contributed by atoms with Gasteiger partial charge in [0.1, 0.15) is 0 Å². The highest BCUT2D eigenvalue weighted by Gasteiger charge is 2.12. The van der Waals surface area contributed by atoms with Gasteiger partial charge in [-0.3, -0.25) is 9.59 Å². The highest BCUT2D eigenvalue weighted by Crippen LogP contribution is 2.11. The summed E-state index contributed by atoms with van der Waals surface area (Å²) in [6.45, 7) is 2.11. The molecular weight excluding hydrogens is 335 g/mol. The molecule has 0 saturated heterocycles. The van der Waals surface area contributed by atoms with Gasteiger partial charge >= 0.3 is 0 Å². The summed E-state index contributed by atoms with van der Waals surface area (Å²) in [5.41, 5.74) is 0.955. The molecule has 4 nitrogen and oxygen atoms in total. The van der Waals surface area contributed by atoms with Crippen LogP contribution in [0.1, 0.15) is 27.6 Å². The number of carbonyl (C=O) groups excluding carboxylic acids is 2. The van der Waals surface area contributed by atoms with E-state index in [0.29, 0.717) is 27.7 Å². The second-order valence-corrected chi connectivity index (χ2v) is 5.98. The normalized spacial score (nSPS) is 11.6. The summed E-state index contributed by atoms with van der Waals surface area (Å²) in [7, 11) is 0. The third-order valence-electron chi connectivity index (χ3n) is 3.12. The Hall–Kier alpha value is -2.04. The quantitative estimate of drug-likeness (QED) is 0.866. The lowest BCUT2D eigenvalue weighted by atomic mass is 10.2. The standard InChI is InChI=1S/C17H16Cl2N2O2/c1-11(21-17(23)13-5-3-7-15(19)9-13)10-20-16(22)12-4-2-6-14(18)8-12/h2-9,11H,10H2,1H3,(H,20,22)(H,21,23)/t11-/m1/s1. The van der Waals surface area contributed by atoms with Crippen molar-refractivity contribution in [2.24, 2.45) is 0 Å². The molecule has 2 N–H and O–H groups in total. The second-order valence-electron chi connectivity index (χ2n) is 5.11. The monoisotopic (exact) mass is 350 g/mol. The molecule has 0 fully saturated rings. The van der Waals surface area contributed by atoms with Gasteiger partial charge in [-0.1, -0.05) is 35.3 Å². The zero-order valence-electron chi connectivity index (χ0n) is 12.5. The molecule has 0 heterocycles. The van der Waals surface area contributed by atoms with Crippen LogP contribution in [0, 0.1) is 0 Å². The van der Waals surface area contributed by atoms with Gasteiger partial charge in [-0.05, 0) is 43.3 Å². The van der Waals surface area contributed by atoms with Crippen LogP contribution < -0.4 is 10.6 Å². The van der Waals surface area contributed by atoms with Gasteiger partial charge in [0.15, 0.2) is 0 Å². The zero-order chi connectivity index (χ0) is 16.8. The first-order valence-corrected chi connectivity index (χ1v) is 7.81. The fourth-order valence-electron chi connectivity index (χ4n) is 1.97. The number of carbonyl (C=O) groups is 2. The van der Waals surface area contributed by atoms with Crippen LogP contribution >= 0.6 is 23.2 Å². The Labute approximate surface area is 144 Å². The van der Waals surface area contributed by atoms with Crippen molar-refractivity contribution in [2.75, 3.05) is 6.54 Å². The summed E-state index contributed by atoms with van der Waals surface area (Å²) >= 11 is 11.7. The highest BCUT2D eigenvalue weighted by atomic mass is 35.5. The molecule has 0 saturated carbocycles. The van der Waals surface area contributed by atoms with Crippen LogP contribution in [0.25, 0.3) is 0 Å². The van der Waals surface area contributed by atoms with E-state index in [2.05, 4.69) is 10.6 Å². The van der Waals surface area contributed by atoms with E-state index < -0.39 is 0 Å². The molecule has 2 amide bonds. The third-order valence-corrected chi connectivity index (χ3v) is 3.59. The Morgan fingerprint density at radius 2 is 1.48 bits per heavy atom. The van der Waals surface area contributed by atoms with E-state index >= 15 is 0 Å². The molecule has 0 aliphatic heterocycles. The molecule has 2 aromatic carbocycles. The minimum absolute atomic E-state index is 0.232. The van der Waals surface area contributed by atoms with Crippen LogP contribution in [0.2, 0.25) is 10.0 Å². The van der Waals surface area contributed by atoms with Crippen molar-refractivity contribution >= 4 is 35.0 Å². The molecule has 0 aliphatic rings. The van der Waals surface area contributed by atoms with E-state index in [-0.39, 0.29) is 17.9 Å². The fraction of sp³-hybridized carbons (Fsp3) is 0.176. The Kier molecular flexibility index (Phi) is 6.02. The van der Waals surface area contributed by atoms with E-state index in [1.807, 2.05) is 0 Å². The van der Waals surface area contributed by atoms with Crippen LogP contribution in [0.4, 0.5) is 0 Å². The molecule has 6 heteroatoms. The molecule has 2 rings (SSSR count). The van der Waals surface area contributed by atoms with Crippen LogP contribution in [0.5, 0.6) is 0 Å².